The minimum atomic E-state index is -3.08. The van der Waals surface area contributed by atoms with Gasteiger partial charge in [-0.2, -0.15) is 0 Å². The van der Waals surface area contributed by atoms with Gasteiger partial charge in [0.25, 0.3) is 5.91 Å². The van der Waals surface area contributed by atoms with Crippen molar-refractivity contribution in [2.45, 2.75) is 37.3 Å². The van der Waals surface area contributed by atoms with Crippen LogP contribution < -0.4 is 0 Å². The highest BCUT2D eigenvalue weighted by molar-refractivity contribution is 9.10. The lowest BCUT2D eigenvalue weighted by Gasteiger charge is -2.29. The lowest BCUT2D eigenvalue weighted by Crippen LogP contribution is -2.46. The van der Waals surface area contributed by atoms with Crippen LogP contribution in [0.15, 0.2) is 33.6 Å². The first-order chi connectivity index (χ1) is 12.2. The van der Waals surface area contributed by atoms with Crippen LogP contribution in [0.4, 0.5) is 0 Å². The fourth-order valence-corrected chi connectivity index (χ4v) is 5.48. The van der Waals surface area contributed by atoms with Crippen molar-refractivity contribution in [1.29, 1.82) is 0 Å². The van der Waals surface area contributed by atoms with E-state index in [-0.39, 0.29) is 29.2 Å². The molecule has 9 heteroatoms. The molecule has 2 unspecified atom stereocenters. The minimum absolute atomic E-state index is 0.0212. The average molecular weight is 464 g/mol. The number of benzene rings is 1. The van der Waals surface area contributed by atoms with Crippen LogP contribution in [-0.4, -0.2) is 61.1 Å². The summed E-state index contributed by atoms with van der Waals surface area (Å²) < 4.78 is 29.5. The molecular weight excluding hydrogens is 442 g/mol. The average Bonchev–Trinajstić information content (AvgIpc) is 2.94. The van der Waals surface area contributed by atoms with Crippen LogP contribution >= 0.6 is 27.7 Å². The first-order valence-corrected chi connectivity index (χ1v) is 11.9. The second kappa shape index (κ2) is 9.23. The zero-order valence-electron chi connectivity index (χ0n) is 14.7. The number of nitrogens with zero attached hydrogens (tertiary/aromatic N) is 1. The number of ether oxygens (including phenoxy) is 1. The predicted molar refractivity (Wildman–Crippen MR) is 105 cm³/mol. The van der Waals surface area contributed by atoms with Gasteiger partial charge in [0, 0.05) is 22.0 Å². The summed E-state index contributed by atoms with van der Waals surface area (Å²) in [4.78, 5) is 27.0. The fourth-order valence-electron chi connectivity index (χ4n) is 2.80. The normalized spacial score (nSPS) is 19.7. The van der Waals surface area contributed by atoms with Crippen molar-refractivity contribution >= 4 is 49.4 Å². The number of hydrogen-bond donors (Lipinski definition) is 0. The molecule has 6 nitrogen and oxygen atoms in total. The van der Waals surface area contributed by atoms with Gasteiger partial charge >= 0.3 is 5.97 Å². The van der Waals surface area contributed by atoms with Gasteiger partial charge < -0.3 is 9.64 Å². The Morgan fingerprint density at radius 1 is 1.35 bits per heavy atom. The number of sulfone groups is 1. The van der Waals surface area contributed by atoms with E-state index in [1.54, 1.807) is 6.92 Å². The smallest absolute Gasteiger partial charge is 0.317 e. The van der Waals surface area contributed by atoms with Crippen LogP contribution in [0, 0.1) is 0 Å². The van der Waals surface area contributed by atoms with Gasteiger partial charge in [0.15, 0.2) is 15.9 Å². The molecule has 1 heterocycles. The lowest BCUT2D eigenvalue weighted by atomic mass is 10.2. The molecule has 26 heavy (non-hydrogen) atoms. The van der Waals surface area contributed by atoms with E-state index in [4.69, 9.17) is 4.74 Å². The zero-order chi connectivity index (χ0) is 19.3. The number of carbonyl (C=O) groups is 2. The van der Waals surface area contributed by atoms with Crippen LogP contribution in [0.2, 0.25) is 0 Å². The van der Waals surface area contributed by atoms with E-state index in [2.05, 4.69) is 15.9 Å². The van der Waals surface area contributed by atoms with E-state index in [9.17, 15) is 18.0 Å². The summed E-state index contributed by atoms with van der Waals surface area (Å²) >= 11 is 4.68. The standard InChI is InChI=1S/C17H22BrNO5S2/c1-3-19(14-8-9-26(22,23)11-14)17(21)12(2)24-16(20)10-25-15-6-4-13(18)5-7-15/h4-7,12,14H,3,8-11H2,1-2H3. The molecule has 1 aromatic carbocycles. The Labute approximate surface area is 166 Å². The SMILES string of the molecule is CCN(C(=O)C(C)OC(=O)CSc1ccc(Br)cc1)C1CCS(=O)(=O)C1. The Kier molecular flexibility index (Phi) is 7.54. The first kappa shape index (κ1) is 21.2. The van der Waals surface area contributed by atoms with Crippen LogP contribution in [0.1, 0.15) is 20.3 Å². The molecule has 2 rings (SSSR count). The summed E-state index contributed by atoms with van der Waals surface area (Å²) in [7, 11) is -3.08. The van der Waals surface area contributed by atoms with Crippen molar-refractivity contribution in [3.63, 3.8) is 0 Å². The third-order valence-corrected chi connectivity index (χ3v) is 7.36. The number of thioether (sulfide) groups is 1. The van der Waals surface area contributed by atoms with E-state index in [0.717, 1.165) is 9.37 Å². The summed E-state index contributed by atoms with van der Waals surface area (Å²) in [5, 5.41) is 0. The van der Waals surface area contributed by atoms with E-state index < -0.39 is 21.9 Å². The molecule has 1 fully saturated rings. The van der Waals surface area contributed by atoms with Crippen molar-refractivity contribution < 1.29 is 22.7 Å². The van der Waals surface area contributed by atoms with Gasteiger partial charge in [-0.25, -0.2) is 8.42 Å². The molecule has 0 radical (unpaired) electrons. The topological polar surface area (TPSA) is 80.8 Å². The number of halogens is 1. The number of likely N-dealkylation sites (N-methyl/N-ethyl adjacent to an activating group) is 1. The Morgan fingerprint density at radius 3 is 2.54 bits per heavy atom. The summed E-state index contributed by atoms with van der Waals surface area (Å²) in [5.41, 5.74) is 0. The number of rotatable bonds is 7. The highest BCUT2D eigenvalue weighted by atomic mass is 79.9. The summed E-state index contributed by atoms with van der Waals surface area (Å²) in [6.07, 6.45) is -0.501. The molecule has 1 aliphatic heterocycles. The fraction of sp³-hybridized carbons (Fsp3) is 0.529. The third kappa shape index (κ3) is 5.99. The Balaban J connectivity index is 1.86. The Bertz CT molecular complexity index is 751. The second-order valence-electron chi connectivity index (χ2n) is 6.06. The van der Waals surface area contributed by atoms with Gasteiger partial charge in [-0.05, 0) is 44.5 Å². The maximum atomic E-state index is 12.6. The van der Waals surface area contributed by atoms with Gasteiger partial charge in [0.2, 0.25) is 0 Å². The molecule has 1 aromatic rings. The largest absolute Gasteiger partial charge is 0.452 e. The van der Waals surface area contributed by atoms with E-state index in [1.165, 1.54) is 23.6 Å². The van der Waals surface area contributed by atoms with Crippen LogP contribution in [-0.2, 0) is 24.2 Å². The maximum Gasteiger partial charge on any atom is 0.317 e. The lowest BCUT2D eigenvalue weighted by molar-refractivity contribution is -0.157. The van der Waals surface area contributed by atoms with Crippen LogP contribution in [0.3, 0.4) is 0 Å². The molecule has 0 bridgehead atoms. The molecular formula is C17H22BrNO5S2. The summed E-state index contributed by atoms with van der Waals surface area (Å²) in [6, 6.07) is 7.20. The van der Waals surface area contributed by atoms with Crippen molar-refractivity contribution in [2.24, 2.45) is 0 Å². The summed E-state index contributed by atoms with van der Waals surface area (Å²) in [5.74, 6) is -0.652. The zero-order valence-corrected chi connectivity index (χ0v) is 17.9. The van der Waals surface area contributed by atoms with Crippen molar-refractivity contribution in [2.75, 3.05) is 23.8 Å². The number of amides is 1. The van der Waals surface area contributed by atoms with E-state index in [1.807, 2.05) is 24.3 Å². The monoisotopic (exact) mass is 463 g/mol. The van der Waals surface area contributed by atoms with Crippen LogP contribution in [0.25, 0.3) is 0 Å². The van der Waals surface area contributed by atoms with Gasteiger partial charge in [-0.15, -0.1) is 11.8 Å². The molecule has 0 saturated carbocycles. The number of carbonyl (C=O) groups excluding carboxylic acids is 2. The molecule has 0 aliphatic carbocycles. The van der Waals surface area contributed by atoms with Crippen molar-refractivity contribution in [3.8, 4) is 0 Å². The minimum Gasteiger partial charge on any atom is -0.452 e. The predicted octanol–water partition coefficient (Wildman–Crippen LogP) is 2.51. The maximum absolute atomic E-state index is 12.6. The Morgan fingerprint density at radius 2 is 2.00 bits per heavy atom. The van der Waals surface area contributed by atoms with Gasteiger partial charge in [0.05, 0.1) is 17.3 Å². The first-order valence-electron chi connectivity index (χ1n) is 8.30. The number of hydrogen-bond acceptors (Lipinski definition) is 6. The summed E-state index contributed by atoms with van der Waals surface area (Å²) in [6.45, 7) is 3.70. The molecule has 0 aromatic heterocycles. The van der Waals surface area contributed by atoms with Crippen LogP contribution in [0.5, 0.6) is 0 Å². The van der Waals surface area contributed by atoms with Crippen molar-refractivity contribution in [3.05, 3.63) is 28.7 Å². The molecule has 1 amide bonds. The molecule has 0 N–H and O–H groups in total. The highest BCUT2D eigenvalue weighted by Crippen LogP contribution is 2.22. The molecule has 144 valence electrons. The molecule has 2 atom stereocenters. The molecule has 1 saturated heterocycles. The number of esters is 1. The van der Waals surface area contributed by atoms with E-state index >= 15 is 0 Å². The third-order valence-electron chi connectivity index (χ3n) is 4.10. The van der Waals surface area contributed by atoms with E-state index in [0.29, 0.717) is 13.0 Å². The van der Waals surface area contributed by atoms with Gasteiger partial charge in [0.1, 0.15) is 0 Å². The van der Waals surface area contributed by atoms with Gasteiger partial charge in [-0.1, -0.05) is 15.9 Å². The van der Waals surface area contributed by atoms with Crippen molar-refractivity contribution in [1.82, 2.24) is 4.90 Å². The highest BCUT2D eigenvalue weighted by Gasteiger charge is 2.36. The molecule has 1 aliphatic rings. The Hall–Kier alpha value is -1.06. The molecule has 0 spiro atoms. The van der Waals surface area contributed by atoms with Gasteiger partial charge in [-0.3, -0.25) is 9.59 Å². The quantitative estimate of drug-likeness (QED) is 0.456. The second-order valence-corrected chi connectivity index (χ2v) is 10.2.